The van der Waals surface area contributed by atoms with E-state index in [1.165, 1.54) is 47.4 Å². The minimum atomic E-state index is -0.125. The van der Waals surface area contributed by atoms with E-state index in [0.29, 0.717) is 0 Å². The Morgan fingerprint density at radius 1 is 0.938 bits per heavy atom. The number of nitrogens with zero attached hydrogens (tertiary/aromatic N) is 1. The molecule has 4 rings (SSSR count). The Balaban J connectivity index is 0.000000398. The quantitative estimate of drug-likeness (QED) is 0.156. The smallest absolute Gasteiger partial charge is 0.155 e. The fourth-order valence-electron chi connectivity index (χ4n) is 3.45. The number of carbonyl (C=O) groups is 1. The summed E-state index contributed by atoms with van der Waals surface area (Å²) in [5, 5.41) is 10.8. The van der Waals surface area contributed by atoms with Crippen LogP contribution in [0.2, 0.25) is 0 Å². The van der Waals surface area contributed by atoms with Gasteiger partial charge in [-0.1, -0.05) is 61.0 Å². The summed E-state index contributed by atoms with van der Waals surface area (Å²) < 4.78 is 0. The number of rotatable bonds is 3. The van der Waals surface area contributed by atoms with Crippen molar-refractivity contribution in [2.24, 2.45) is 0 Å². The number of aliphatic hydroxyl groups excluding tert-OH is 1. The van der Waals surface area contributed by atoms with Crippen molar-refractivity contribution >= 4 is 16.6 Å². The molecule has 0 bridgehead atoms. The van der Waals surface area contributed by atoms with Crippen LogP contribution in [0.1, 0.15) is 25.0 Å². The summed E-state index contributed by atoms with van der Waals surface area (Å²) in [5.74, 6) is -0.0625. The summed E-state index contributed by atoms with van der Waals surface area (Å²) in [4.78, 5) is 14.7. The zero-order chi connectivity index (χ0) is 22.4. The average molecular weight is 601 g/mol. The number of hydrogen-bond donors (Lipinski definition) is 1. The van der Waals surface area contributed by atoms with E-state index in [9.17, 15) is 4.79 Å². The van der Waals surface area contributed by atoms with Gasteiger partial charge in [0, 0.05) is 32.4 Å². The van der Waals surface area contributed by atoms with Crippen LogP contribution < -0.4 is 0 Å². The number of allylic oxidation sites excluding steroid dienone is 2. The molecule has 4 aromatic rings. The second kappa shape index (κ2) is 11.5. The molecule has 165 valence electrons. The molecule has 0 fully saturated rings. The van der Waals surface area contributed by atoms with Crippen LogP contribution in [0.3, 0.4) is 0 Å². The van der Waals surface area contributed by atoms with Crippen molar-refractivity contribution in [3.8, 4) is 22.4 Å². The van der Waals surface area contributed by atoms with E-state index < -0.39 is 0 Å². The molecule has 1 N–H and O–H groups in total. The number of aliphatic hydroxyl groups is 1. The monoisotopic (exact) mass is 601 g/mol. The molecular formula is C28H26IrNO2-. The molecule has 3 aromatic carbocycles. The number of hydrogen-bond acceptors (Lipinski definition) is 3. The molecule has 1 aromatic heterocycles. The minimum Gasteiger partial charge on any atom is -0.512 e. The van der Waals surface area contributed by atoms with Crippen molar-refractivity contribution in [2.45, 2.75) is 27.7 Å². The Hall–Kier alpha value is -3.07. The van der Waals surface area contributed by atoms with Crippen molar-refractivity contribution in [3.63, 3.8) is 0 Å². The van der Waals surface area contributed by atoms with Gasteiger partial charge in [-0.3, -0.25) is 4.79 Å². The summed E-state index contributed by atoms with van der Waals surface area (Å²) in [5.41, 5.74) is 6.84. The largest absolute Gasteiger partial charge is 0.512 e. The molecule has 0 atom stereocenters. The first-order chi connectivity index (χ1) is 14.8. The van der Waals surface area contributed by atoms with E-state index in [-0.39, 0.29) is 31.6 Å². The number of pyridine rings is 1. The number of aryl methyl sites for hydroxylation is 2. The van der Waals surface area contributed by atoms with E-state index in [1.807, 2.05) is 12.3 Å². The Kier molecular flexibility index (Phi) is 9.07. The van der Waals surface area contributed by atoms with Gasteiger partial charge in [0.25, 0.3) is 0 Å². The topological polar surface area (TPSA) is 50.2 Å². The van der Waals surface area contributed by atoms with Crippen LogP contribution in [0, 0.1) is 19.9 Å². The van der Waals surface area contributed by atoms with Crippen LogP contribution >= 0.6 is 0 Å². The molecule has 0 aliphatic heterocycles. The third kappa shape index (κ3) is 6.71. The zero-order valence-corrected chi connectivity index (χ0v) is 21.0. The molecule has 0 saturated heterocycles. The fourth-order valence-corrected chi connectivity index (χ4v) is 3.45. The van der Waals surface area contributed by atoms with Crippen molar-refractivity contribution in [2.75, 3.05) is 0 Å². The van der Waals surface area contributed by atoms with E-state index in [4.69, 9.17) is 5.11 Å². The van der Waals surface area contributed by atoms with E-state index in [0.717, 1.165) is 16.8 Å². The predicted molar refractivity (Wildman–Crippen MR) is 128 cm³/mol. The minimum absolute atomic E-state index is 0. The van der Waals surface area contributed by atoms with E-state index >= 15 is 0 Å². The number of carbonyl (C=O) groups excluding carboxylic acids is 1. The number of fused-ring (bicyclic) bond motifs is 1. The Morgan fingerprint density at radius 3 is 2.28 bits per heavy atom. The van der Waals surface area contributed by atoms with Gasteiger partial charge < -0.3 is 10.1 Å². The molecule has 0 spiro atoms. The third-order valence-electron chi connectivity index (χ3n) is 4.70. The molecule has 0 unspecified atom stereocenters. The van der Waals surface area contributed by atoms with Gasteiger partial charge in [0.1, 0.15) is 0 Å². The van der Waals surface area contributed by atoms with Gasteiger partial charge in [0.2, 0.25) is 0 Å². The Morgan fingerprint density at radius 2 is 1.66 bits per heavy atom. The van der Waals surface area contributed by atoms with Crippen LogP contribution in [-0.2, 0) is 24.9 Å². The molecular weight excluding hydrogens is 575 g/mol. The van der Waals surface area contributed by atoms with Crippen molar-refractivity contribution in [3.05, 3.63) is 102 Å². The molecule has 32 heavy (non-hydrogen) atoms. The summed E-state index contributed by atoms with van der Waals surface area (Å²) in [6.07, 6.45) is 3.05. The van der Waals surface area contributed by atoms with Crippen LogP contribution in [-0.4, -0.2) is 15.9 Å². The summed E-state index contributed by atoms with van der Waals surface area (Å²) in [6.45, 7) is 7.05. The number of benzene rings is 3. The van der Waals surface area contributed by atoms with Crippen LogP contribution in [0.15, 0.2) is 84.8 Å². The first-order valence-corrected chi connectivity index (χ1v) is 10.2. The van der Waals surface area contributed by atoms with Gasteiger partial charge in [-0.05, 0) is 48.9 Å². The van der Waals surface area contributed by atoms with Crippen molar-refractivity contribution in [1.29, 1.82) is 0 Å². The van der Waals surface area contributed by atoms with Crippen LogP contribution in [0.25, 0.3) is 33.2 Å². The van der Waals surface area contributed by atoms with Crippen molar-refractivity contribution in [1.82, 2.24) is 4.98 Å². The molecule has 0 saturated carbocycles. The summed E-state index contributed by atoms with van der Waals surface area (Å²) in [7, 11) is 0. The maximum absolute atomic E-state index is 10.0. The Bertz CT molecular complexity index is 1240. The summed E-state index contributed by atoms with van der Waals surface area (Å²) >= 11 is 0. The molecule has 0 amide bonds. The third-order valence-corrected chi connectivity index (χ3v) is 4.70. The fraction of sp³-hybridized carbons (Fsp3) is 0.143. The SMILES string of the molecule is CC(=O)/C=C(/C)O.Cc1[c-]c(-c2nccc3cc(C)ccc23)cc(-c2ccccc2)c1.[Ir]. The maximum Gasteiger partial charge on any atom is 0.155 e. The van der Waals surface area contributed by atoms with Crippen LogP contribution in [0.4, 0.5) is 0 Å². The average Bonchev–Trinajstić information content (AvgIpc) is 2.73. The van der Waals surface area contributed by atoms with Gasteiger partial charge in [-0.2, -0.15) is 0 Å². The molecule has 1 heterocycles. The molecule has 1 radical (unpaired) electrons. The van der Waals surface area contributed by atoms with Crippen molar-refractivity contribution < 1.29 is 30.0 Å². The molecule has 4 heteroatoms. The van der Waals surface area contributed by atoms with E-state index in [2.05, 4.69) is 85.6 Å². The van der Waals surface area contributed by atoms with Gasteiger partial charge in [0.05, 0.1) is 5.76 Å². The van der Waals surface area contributed by atoms with Crippen LogP contribution in [0.5, 0.6) is 0 Å². The van der Waals surface area contributed by atoms with Gasteiger partial charge in [-0.25, -0.2) is 0 Å². The molecule has 0 aliphatic rings. The normalized spacial score (nSPS) is 10.7. The molecule has 3 nitrogen and oxygen atoms in total. The zero-order valence-electron chi connectivity index (χ0n) is 18.6. The predicted octanol–water partition coefficient (Wildman–Crippen LogP) is 7.02. The first kappa shape index (κ1) is 25.2. The Labute approximate surface area is 203 Å². The second-order valence-electron chi connectivity index (χ2n) is 7.61. The summed E-state index contributed by atoms with van der Waals surface area (Å²) in [6, 6.07) is 26.9. The van der Waals surface area contributed by atoms with Gasteiger partial charge in [0.15, 0.2) is 5.78 Å². The maximum atomic E-state index is 10.0. The number of ketones is 1. The van der Waals surface area contributed by atoms with Gasteiger partial charge in [-0.15, -0.1) is 34.9 Å². The van der Waals surface area contributed by atoms with Gasteiger partial charge >= 0.3 is 0 Å². The van der Waals surface area contributed by atoms with E-state index in [1.54, 1.807) is 0 Å². The standard InChI is InChI=1S/C23H18N.C5H8O2.Ir/c1-16-8-9-22-19(12-16)10-11-24-23(22)21-14-17(2)13-20(15-21)18-6-4-3-5-7-18;1-4(6)3-5(2)7;/h3-13,15H,1-2H3;3,6H,1-2H3;/q-1;;/b;4-3-;. The first-order valence-electron chi connectivity index (χ1n) is 10.2. The second-order valence-corrected chi connectivity index (χ2v) is 7.61. The molecule has 0 aliphatic carbocycles. The number of aromatic nitrogens is 1.